The first-order valence-electron chi connectivity index (χ1n) is 20.7. The van der Waals surface area contributed by atoms with Crippen molar-refractivity contribution in [1.82, 2.24) is 0 Å². The van der Waals surface area contributed by atoms with Gasteiger partial charge in [-0.1, -0.05) is 115 Å². The summed E-state index contributed by atoms with van der Waals surface area (Å²) in [5.41, 5.74) is 7.17. The van der Waals surface area contributed by atoms with E-state index in [0.29, 0.717) is 0 Å². The molecule has 258 valence electrons. The molecule has 0 saturated heterocycles. The van der Waals surface area contributed by atoms with Crippen molar-refractivity contribution in [1.29, 1.82) is 0 Å². The Morgan fingerprint density at radius 3 is 1.39 bits per heavy atom. The van der Waals surface area contributed by atoms with Gasteiger partial charge >= 0.3 is 0 Å². The summed E-state index contributed by atoms with van der Waals surface area (Å²) in [5, 5.41) is 36.8. The van der Waals surface area contributed by atoms with Crippen molar-refractivity contribution < 1.29 is 4.43 Å². The lowest BCUT2D eigenvalue weighted by atomic mass is 9.64. The number of rotatable bonds is 4. The van der Waals surface area contributed by atoms with E-state index in [9.17, 15) is 0 Å². The van der Waals surface area contributed by atoms with E-state index in [0.717, 1.165) is 0 Å². The van der Waals surface area contributed by atoms with Gasteiger partial charge in [0.2, 0.25) is 8.32 Å². The van der Waals surface area contributed by atoms with Crippen LogP contribution >= 0.6 is 0 Å². The molecule has 0 bridgehead atoms. The minimum atomic E-state index is -2.52. The normalized spacial score (nSPS) is 20.7. The molecule has 0 aromatic heterocycles. The predicted molar refractivity (Wildman–Crippen MR) is 243 cm³/mol. The van der Waals surface area contributed by atoms with Gasteiger partial charge in [0.1, 0.15) is 5.60 Å². The molecular weight excluding hydrogens is 705 g/mol. The van der Waals surface area contributed by atoms with Crippen molar-refractivity contribution in [3.8, 4) is 0 Å². The highest BCUT2D eigenvalue weighted by Gasteiger charge is 2.58. The second kappa shape index (κ2) is 7.57. The van der Waals surface area contributed by atoms with Crippen LogP contribution in [-0.2, 0) is 15.4 Å². The summed E-state index contributed by atoms with van der Waals surface area (Å²) in [6, 6.07) is 40.5. The van der Waals surface area contributed by atoms with Gasteiger partial charge in [-0.05, 0) is 183 Å². The van der Waals surface area contributed by atoms with Gasteiger partial charge in [-0.25, -0.2) is 0 Å². The molecule has 0 spiro atoms. The molecule has 0 aliphatic heterocycles. The van der Waals surface area contributed by atoms with E-state index in [1.54, 1.807) is 0 Å². The summed E-state index contributed by atoms with van der Waals surface area (Å²) < 4.78 is 8.16. The monoisotopic (exact) mass is 732 g/mol. The highest BCUT2D eigenvalue weighted by molar-refractivity contribution is 6.84. The maximum atomic E-state index is 8.16. The Kier molecular flexibility index (Phi) is 3.63. The first-order chi connectivity index (χ1) is 27.9. The lowest BCUT2D eigenvalue weighted by Crippen LogP contribution is -2.52. The molecule has 0 amide bonds. The molecule has 57 heavy (non-hydrogen) atoms. The Labute approximate surface area is 325 Å². The first-order valence-corrected chi connectivity index (χ1v) is 23.6. The fourth-order valence-electron chi connectivity index (χ4n) is 14.7. The number of allylic oxidation sites excluding steroid dienone is 1. The second-order valence-electron chi connectivity index (χ2n) is 18.9. The lowest BCUT2D eigenvalue weighted by Gasteiger charge is -2.45. The molecule has 3 aliphatic rings. The summed E-state index contributed by atoms with van der Waals surface area (Å²) in [6.45, 7) is 7.06. The zero-order chi connectivity index (χ0) is 36.5. The second-order valence-corrected chi connectivity index (χ2v) is 22.7. The smallest absolute Gasteiger partial charge is 0.220 e. The molecule has 15 aromatic rings. The van der Waals surface area contributed by atoms with Crippen LogP contribution in [0.2, 0.25) is 13.1 Å². The number of hydrogen-bond acceptors (Lipinski definition) is 1. The number of aryl methyl sites for hydroxylation is 1. The molecule has 0 radical (unpaired) electrons. The van der Waals surface area contributed by atoms with Crippen molar-refractivity contribution in [2.45, 2.75) is 31.0 Å². The van der Waals surface area contributed by atoms with Crippen molar-refractivity contribution in [3.63, 3.8) is 0 Å². The fraction of sp³-hybridized carbons (Fsp3) is 0.0909. The van der Waals surface area contributed by atoms with Crippen LogP contribution in [-0.4, -0.2) is 8.32 Å². The first kappa shape index (κ1) is 27.3. The summed E-state index contributed by atoms with van der Waals surface area (Å²) in [5.74, 6) is 0. The molecule has 0 heterocycles. The Morgan fingerprint density at radius 1 is 0.386 bits per heavy atom. The zero-order valence-electron chi connectivity index (χ0n) is 31.4. The van der Waals surface area contributed by atoms with E-state index in [1.807, 2.05) is 0 Å². The molecule has 2 atom stereocenters. The van der Waals surface area contributed by atoms with E-state index in [-0.39, 0.29) is 0 Å². The standard InChI is InChI=1S/C55H28OSi/c1-23-9-11-24(12-10-23)54-21-22-55(56-57(2,3)25-7-5-4-6-8-25)33-20-18-31-29-16-14-27-26-13-15-28-30-17-19-32(54)40-38(30)43-36(28)34(26)42-35(27)37(29)44-39(31)41(33)51-49-47(44)45(42)46(43)48(49)50(40)52(54)53(51)55/h4-22H,1-3H3. The van der Waals surface area contributed by atoms with Gasteiger partial charge in [-0.2, -0.15) is 0 Å². The van der Waals surface area contributed by atoms with Gasteiger partial charge in [0, 0.05) is 5.56 Å². The third-order valence-electron chi connectivity index (χ3n) is 16.5. The Hall–Kier alpha value is -6.32. The van der Waals surface area contributed by atoms with Crippen LogP contribution < -0.4 is 5.19 Å². The number of hydrogen-bond donors (Lipinski definition) is 0. The van der Waals surface area contributed by atoms with E-state index < -0.39 is 19.3 Å². The molecule has 0 N–H and O–H groups in total. The van der Waals surface area contributed by atoms with Crippen molar-refractivity contribution >= 4 is 143 Å². The lowest BCUT2D eigenvalue weighted by molar-refractivity contribution is 0.159. The average Bonchev–Trinajstić information content (AvgIpc) is 4.05. The number of benzene rings is 11. The van der Waals surface area contributed by atoms with Crippen molar-refractivity contribution in [2.75, 3.05) is 0 Å². The summed E-state index contributed by atoms with van der Waals surface area (Å²) in [6.07, 6.45) is 5.17. The van der Waals surface area contributed by atoms with Gasteiger partial charge in [0.25, 0.3) is 0 Å². The fourth-order valence-corrected chi connectivity index (χ4v) is 16.9. The maximum absolute atomic E-state index is 8.16. The van der Waals surface area contributed by atoms with Crippen molar-refractivity contribution in [3.05, 3.63) is 149 Å². The molecular formula is C55H28OSi. The highest BCUT2D eigenvalue weighted by atomic mass is 28.4. The molecule has 2 heteroatoms. The summed E-state index contributed by atoms with van der Waals surface area (Å²) in [7, 11) is -2.52. The Balaban J connectivity index is 1.22. The van der Waals surface area contributed by atoms with E-state index in [4.69, 9.17) is 4.43 Å². The largest absolute Gasteiger partial charge is 0.396 e. The van der Waals surface area contributed by atoms with E-state index in [2.05, 4.69) is 135 Å². The van der Waals surface area contributed by atoms with Gasteiger partial charge in [0.15, 0.2) is 0 Å². The van der Waals surface area contributed by atoms with Crippen LogP contribution in [0.25, 0.3) is 129 Å². The summed E-state index contributed by atoms with van der Waals surface area (Å²) >= 11 is 0. The van der Waals surface area contributed by atoms with Crippen LogP contribution in [0.5, 0.6) is 0 Å². The average molecular weight is 733 g/mol. The van der Waals surface area contributed by atoms with Gasteiger partial charge in [-0.15, -0.1) is 0 Å². The topological polar surface area (TPSA) is 9.23 Å². The van der Waals surface area contributed by atoms with Gasteiger partial charge in [0.05, 0.1) is 5.41 Å². The van der Waals surface area contributed by atoms with Crippen LogP contribution in [0.1, 0.15) is 33.4 Å². The van der Waals surface area contributed by atoms with E-state index >= 15 is 0 Å². The zero-order valence-corrected chi connectivity index (χ0v) is 32.4. The third kappa shape index (κ3) is 2.24. The van der Waals surface area contributed by atoms with Crippen molar-refractivity contribution in [2.24, 2.45) is 0 Å². The molecule has 0 fully saturated rings. The molecule has 1 nitrogen and oxygen atoms in total. The van der Waals surface area contributed by atoms with Gasteiger partial charge in [-0.3, -0.25) is 0 Å². The quantitative estimate of drug-likeness (QED) is 0.0994. The number of fused-ring (bicyclic) bond motifs is 5. The minimum absolute atomic E-state index is 0.445. The highest BCUT2D eigenvalue weighted by Crippen LogP contribution is 2.72. The van der Waals surface area contributed by atoms with Crippen LogP contribution in [0.15, 0.2) is 115 Å². The van der Waals surface area contributed by atoms with Crippen LogP contribution in [0, 0.1) is 6.92 Å². The van der Waals surface area contributed by atoms with Gasteiger partial charge < -0.3 is 4.43 Å². The Morgan fingerprint density at radius 2 is 0.825 bits per heavy atom. The SMILES string of the molecule is Cc1ccc(C23C=CC4(O[Si](C)(C)c5ccccc5)c5ccc6c7ccc8c9ccc%10c%11ccc2c2c%12c3c4c3c5c6c4c7c8c5c9c%10c(c%112)c2c%12c3c4c52)cc1. The van der Waals surface area contributed by atoms with Crippen LogP contribution in [0.3, 0.4) is 0 Å². The molecule has 3 aliphatic carbocycles. The molecule has 15 aromatic carbocycles. The Bertz CT molecular complexity index is 4360. The van der Waals surface area contributed by atoms with Crippen LogP contribution in [0.4, 0.5) is 0 Å². The summed E-state index contributed by atoms with van der Waals surface area (Å²) in [4.78, 5) is 0. The molecule has 2 unspecified atom stereocenters. The third-order valence-corrected chi connectivity index (χ3v) is 19.0. The predicted octanol–water partition coefficient (Wildman–Crippen LogP) is 13.7. The maximum Gasteiger partial charge on any atom is 0.220 e. The minimum Gasteiger partial charge on any atom is -0.396 e. The molecule has 18 rings (SSSR count). The molecule has 0 saturated carbocycles. The van der Waals surface area contributed by atoms with E-state index in [1.165, 1.54) is 168 Å².